The molecule has 29 heavy (non-hydrogen) atoms. The lowest BCUT2D eigenvalue weighted by atomic mass is 10.1. The number of aromatic nitrogens is 3. The van der Waals surface area contributed by atoms with Crippen LogP contribution < -0.4 is 14.2 Å². The van der Waals surface area contributed by atoms with Gasteiger partial charge in [0.25, 0.3) is 5.91 Å². The number of benzene rings is 2. The molecule has 0 saturated heterocycles. The molecule has 150 valence electrons. The Balaban J connectivity index is 1.69. The van der Waals surface area contributed by atoms with Crippen LogP contribution in [0, 0.1) is 5.82 Å². The topological polar surface area (TPSA) is 75.5 Å². The Kier molecular flexibility index (Phi) is 5.14. The van der Waals surface area contributed by atoms with Crippen molar-refractivity contribution in [2.45, 2.75) is 16.8 Å². The monoisotopic (exact) mass is 415 g/mol. The number of carbonyl (C=O) groups is 1. The van der Waals surface area contributed by atoms with Crippen LogP contribution in [0.25, 0.3) is 11.4 Å². The quantitative estimate of drug-likeness (QED) is 0.624. The third kappa shape index (κ3) is 3.53. The standard InChI is InChI=1S/C20H18FN3O4S/c1-26-14-8-12(9-15(27-2)18(14)28-3)16-10-17(25)24-20(29-16)22-19(23-24)11-4-6-13(21)7-5-11/h4-9,16H,10H2,1-3H3/t16-/m0/s1. The molecule has 0 fully saturated rings. The molecule has 0 saturated carbocycles. The third-order valence-electron chi connectivity index (χ3n) is 4.58. The van der Waals surface area contributed by atoms with Gasteiger partial charge in [-0.2, -0.15) is 4.68 Å². The number of hydrogen-bond donors (Lipinski definition) is 0. The number of thioether (sulfide) groups is 1. The summed E-state index contributed by atoms with van der Waals surface area (Å²) in [4.78, 5) is 17.2. The first-order valence-electron chi connectivity index (χ1n) is 8.76. The molecule has 1 aliphatic rings. The van der Waals surface area contributed by atoms with Gasteiger partial charge >= 0.3 is 0 Å². The van der Waals surface area contributed by atoms with Crippen LogP contribution in [0.2, 0.25) is 0 Å². The van der Waals surface area contributed by atoms with E-state index in [1.807, 2.05) is 12.1 Å². The highest BCUT2D eigenvalue weighted by Crippen LogP contribution is 2.46. The van der Waals surface area contributed by atoms with Crippen molar-refractivity contribution >= 4 is 17.7 Å². The Labute approximate surface area is 170 Å². The van der Waals surface area contributed by atoms with Crippen LogP contribution in [0.5, 0.6) is 17.2 Å². The molecule has 0 radical (unpaired) electrons. The van der Waals surface area contributed by atoms with Crippen molar-refractivity contribution in [2.75, 3.05) is 21.3 Å². The first kappa shape index (κ1) is 19.3. The number of methoxy groups -OCH3 is 3. The zero-order valence-electron chi connectivity index (χ0n) is 16.0. The fraction of sp³-hybridized carbons (Fsp3) is 0.250. The minimum absolute atomic E-state index is 0.168. The molecule has 1 aliphatic heterocycles. The molecule has 1 aromatic heterocycles. The zero-order valence-corrected chi connectivity index (χ0v) is 16.8. The minimum atomic E-state index is -0.342. The number of hydrogen-bond acceptors (Lipinski definition) is 7. The lowest BCUT2D eigenvalue weighted by Gasteiger charge is -2.22. The van der Waals surface area contributed by atoms with Crippen molar-refractivity contribution in [3.8, 4) is 28.6 Å². The molecule has 0 spiro atoms. The summed E-state index contributed by atoms with van der Waals surface area (Å²) in [7, 11) is 4.63. The van der Waals surface area contributed by atoms with Gasteiger partial charge in [-0.15, -0.1) is 5.10 Å². The van der Waals surface area contributed by atoms with E-state index in [-0.39, 0.29) is 23.4 Å². The number of ether oxygens (including phenoxy) is 3. The maximum atomic E-state index is 13.2. The predicted molar refractivity (Wildman–Crippen MR) is 105 cm³/mol. The lowest BCUT2D eigenvalue weighted by Crippen LogP contribution is -2.21. The average molecular weight is 415 g/mol. The van der Waals surface area contributed by atoms with E-state index < -0.39 is 0 Å². The van der Waals surface area contributed by atoms with Gasteiger partial charge in [0.15, 0.2) is 22.5 Å². The van der Waals surface area contributed by atoms with E-state index >= 15 is 0 Å². The van der Waals surface area contributed by atoms with E-state index in [0.717, 1.165) is 5.56 Å². The Morgan fingerprint density at radius 2 is 1.72 bits per heavy atom. The summed E-state index contributed by atoms with van der Waals surface area (Å²) in [6.45, 7) is 0. The summed E-state index contributed by atoms with van der Waals surface area (Å²) < 4.78 is 30.7. The van der Waals surface area contributed by atoms with Gasteiger partial charge in [-0.1, -0.05) is 11.8 Å². The molecule has 4 rings (SSSR count). The summed E-state index contributed by atoms with van der Waals surface area (Å²) in [5, 5.41) is 4.60. The molecule has 9 heteroatoms. The van der Waals surface area contributed by atoms with Crippen molar-refractivity contribution in [3.05, 3.63) is 47.8 Å². The van der Waals surface area contributed by atoms with Gasteiger partial charge in [0, 0.05) is 17.2 Å². The van der Waals surface area contributed by atoms with Crippen LogP contribution in [0.1, 0.15) is 22.0 Å². The number of fused-ring (bicyclic) bond motifs is 1. The summed E-state index contributed by atoms with van der Waals surface area (Å²) in [5.74, 6) is 1.41. The molecule has 2 aromatic carbocycles. The van der Waals surface area contributed by atoms with Crippen molar-refractivity contribution in [3.63, 3.8) is 0 Å². The molecule has 0 N–H and O–H groups in total. The maximum Gasteiger partial charge on any atom is 0.250 e. The normalized spacial score (nSPS) is 15.7. The van der Waals surface area contributed by atoms with E-state index in [1.165, 1.54) is 28.6 Å². The highest BCUT2D eigenvalue weighted by atomic mass is 32.2. The Morgan fingerprint density at radius 1 is 1.07 bits per heavy atom. The van der Waals surface area contributed by atoms with Gasteiger partial charge in [-0.25, -0.2) is 9.37 Å². The fourth-order valence-electron chi connectivity index (χ4n) is 3.14. The van der Waals surface area contributed by atoms with Crippen LogP contribution in [-0.2, 0) is 0 Å². The Morgan fingerprint density at radius 3 is 2.31 bits per heavy atom. The second-order valence-electron chi connectivity index (χ2n) is 6.30. The summed E-state index contributed by atoms with van der Waals surface area (Å²) in [5.41, 5.74) is 1.50. The van der Waals surface area contributed by atoms with E-state index in [0.29, 0.717) is 33.8 Å². The molecule has 1 atom stereocenters. The lowest BCUT2D eigenvalue weighted by molar-refractivity contribution is 0.0868. The van der Waals surface area contributed by atoms with E-state index in [9.17, 15) is 9.18 Å². The summed E-state index contributed by atoms with van der Waals surface area (Å²) in [6, 6.07) is 9.51. The van der Waals surface area contributed by atoms with Crippen molar-refractivity contribution in [1.29, 1.82) is 0 Å². The molecular weight excluding hydrogens is 397 g/mol. The minimum Gasteiger partial charge on any atom is -0.493 e. The first-order valence-corrected chi connectivity index (χ1v) is 9.64. The average Bonchev–Trinajstić information content (AvgIpc) is 3.18. The highest BCUT2D eigenvalue weighted by Gasteiger charge is 2.31. The van der Waals surface area contributed by atoms with Crippen LogP contribution in [-0.4, -0.2) is 42.0 Å². The van der Waals surface area contributed by atoms with Crippen LogP contribution in [0.4, 0.5) is 4.39 Å². The van der Waals surface area contributed by atoms with Gasteiger partial charge in [0.05, 0.1) is 21.3 Å². The smallest absolute Gasteiger partial charge is 0.250 e. The van der Waals surface area contributed by atoms with Crippen molar-refractivity contribution in [1.82, 2.24) is 14.8 Å². The van der Waals surface area contributed by atoms with Crippen molar-refractivity contribution < 1.29 is 23.4 Å². The molecular formula is C20H18FN3O4S. The molecule has 0 aliphatic carbocycles. The van der Waals surface area contributed by atoms with Crippen molar-refractivity contribution in [2.24, 2.45) is 0 Å². The first-order chi connectivity index (χ1) is 14.0. The van der Waals surface area contributed by atoms with Gasteiger partial charge < -0.3 is 14.2 Å². The molecule has 7 nitrogen and oxygen atoms in total. The second-order valence-corrected chi connectivity index (χ2v) is 7.47. The number of halogens is 1. The van der Waals surface area contributed by atoms with E-state index in [2.05, 4.69) is 10.1 Å². The van der Waals surface area contributed by atoms with E-state index in [1.54, 1.807) is 33.5 Å². The molecule has 0 bridgehead atoms. The predicted octanol–water partition coefficient (Wildman–Crippen LogP) is 3.99. The third-order valence-corrected chi connectivity index (χ3v) is 5.78. The van der Waals surface area contributed by atoms with Crippen LogP contribution in [0.3, 0.4) is 0 Å². The number of rotatable bonds is 5. The molecule has 3 aromatic rings. The zero-order chi connectivity index (χ0) is 20.5. The number of nitrogens with zero attached hydrogens (tertiary/aromatic N) is 3. The number of carbonyl (C=O) groups excluding carboxylic acids is 1. The molecule has 2 heterocycles. The van der Waals surface area contributed by atoms with Gasteiger partial charge in [0.1, 0.15) is 5.82 Å². The van der Waals surface area contributed by atoms with Gasteiger partial charge in [-0.05, 0) is 42.0 Å². The van der Waals surface area contributed by atoms with E-state index in [4.69, 9.17) is 14.2 Å². The van der Waals surface area contributed by atoms with Crippen LogP contribution in [0.15, 0.2) is 41.6 Å². The Hall–Kier alpha value is -3.07. The second kappa shape index (κ2) is 7.75. The summed E-state index contributed by atoms with van der Waals surface area (Å²) >= 11 is 1.43. The summed E-state index contributed by atoms with van der Waals surface area (Å²) in [6.07, 6.45) is 0.239. The molecule has 0 unspecified atom stereocenters. The van der Waals surface area contributed by atoms with Gasteiger partial charge in [0.2, 0.25) is 5.75 Å². The maximum absolute atomic E-state index is 13.2. The molecule has 0 amide bonds. The van der Waals surface area contributed by atoms with Gasteiger partial charge in [-0.3, -0.25) is 4.79 Å². The van der Waals surface area contributed by atoms with Crippen LogP contribution >= 0.6 is 11.8 Å². The Bertz CT molecular complexity index is 1040. The largest absolute Gasteiger partial charge is 0.493 e. The fourth-order valence-corrected chi connectivity index (χ4v) is 4.28. The SMILES string of the molecule is COc1cc([C@@H]2CC(=O)n3nc(-c4ccc(F)cc4)nc3S2)cc(OC)c1OC. The highest BCUT2D eigenvalue weighted by molar-refractivity contribution is 7.99.